The number of nitrogens with one attached hydrogen (secondary N) is 2. The van der Waals surface area contributed by atoms with Crippen molar-refractivity contribution in [1.82, 2.24) is 15.0 Å². The number of nitrogens with zero attached hydrogens (tertiary/aromatic N) is 3. The molecule has 3 heterocycles. The number of benzene rings is 1. The predicted octanol–water partition coefficient (Wildman–Crippen LogP) is 3.45. The fourth-order valence-corrected chi connectivity index (χ4v) is 4.68. The van der Waals surface area contributed by atoms with Gasteiger partial charge in [-0.2, -0.15) is 4.98 Å². The van der Waals surface area contributed by atoms with Crippen LogP contribution < -0.4 is 9.62 Å². The Morgan fingerprint density at radius 2 is 1.97 bits per heavy atom. The Morgan fingerprint density at radius 3 is 2.65 bits per heavy atom. The van der Waals surface area contributed by atoms with Gasteiger partial charge in [0.15, 0.2) is 0 Å². The van der Waals surface area contributed by atoms with Gasteiger partial charge in [-0.25, -0.2) is 17.7 Å². The van der Waals surface area contributed by atoms with Crippen molar-refractivity contribution in [2.24, 2.45) is 5.92 Å². The highest BCUT2D eigenvalue weighted by atomic mass is 32.2. The van der Waals surface area contributed by atoms with Crippen molar-refractivity contribution in [3.63, 3.8) is 0 Å². The number of thioether (sulfide) groups is 1. The summed E-state index contributed by atoms with van der Waals surface area (Å²) in [5, 5.41) is 5.50. The minimum Gasteiger partial charge on any atom is -0.346 e. The molecule has 0 bridgehead atoms. The fraction of sp³-hybridized carbons (Fsp3) is 0.190. The van der Waals surface area contributed by atoms with E-state index in [1.54, 1.807) is 36.2 Å². The van der Waals surface area contributed by atoms with Crippen LogP contribution in [0.15, 0.2) is 59.8 Å². The number of H-pyrrole nitrogens is 1. The topological polar surface area (TPSA) is 108 Å². The maximum Gasteiger partial charge on any atom is 0.232 e. The molecule has 0 radical (unpaired) electrons. The van der Waals surface area contributed by atoms with E-state index in [1.165, 1.54) is 4.31 Å². The predicted molar refractivity (Wildman–Crippen MR) is 123 cm³/mol. The van der Waals surface area contributed by atoms with Crippen LogP contribution in [0.3, 0.4) is 0 Å². The maximum absolute atomic E-state index is 12.2. The van der Waals surface area contributed by atoms with Gasteiger partial charge in [-0.3, -0.25) is 10.1 Å². The molecule has 1 aliphatic heterocycles. The van der Waals surface area contributed by atoms with E-state index >= 15 is 0 Å². The van der Waals surface area contributed by atoms with E-state index in [4.69, 9.17) is 0 Å². The van der Waals surface area contributed by atoms with Gasteiger partial charge in [0.1, 0.15) is 5.65 Å². The number of hydrogen-bond donors (Lipinski definition) is 3. The summed E-state index contributed by atoms with van der Waals surface area (Å²) in [5.41, 5.74) is 3.25. The third-order valence-electron chi connectivity index (χ3n) is 5.12. The third-order valence-corrected chi connectivity index (χ3v) is 6.59. The minimum atomic E-state index is -2.84. The minimum absolute atomic E-state index is 0.0484. The van der Waals surface area contributed by atoms with Crippen LogP contribution in [0.2, 0.25) is 0 Å². The molecule has 0 saturated heterocycles. The van der Waals surface area contributed by atoms with E-state index in [0.29, 0.717) is 22.7 Å². The highest BCUT2D eigenvalue weighted by molar-refractivity contribution is 8.02. The summed E-state index contributed by atoms with van der Waals surface area (Å²) >= 11 is 1.61. The Hall–Kier alpha value is -3.11. The molecule has 0 unspecified atom stereocenters. The van der Waals surface area contributed by atoms with Gasteiger partial charge in [0.25, 0.3) is 0 Å². The van der Waals surface area contributed by atoms with E-state index in [9.17, 15) is 13.2 Å². The maximum atomic E-state index is 12.2. The Morgan fingerprint density at radius 1 is 1.16 bits per heavy atom. The number of hydrogen-bond acceptors (Lipinski definition) is 6. The SMILES string of the molecule is O=C(Nc1nc(-c2ccc(N(C3=CCSC=C3)[SH](=O)=O)cc2)c2cc[nH]c2n1)C1CC1. The molecule has 2 N–H and O–H groups in total. The number of aromatic nitrogens is 3. The number of aromatic amines is 1. The van der Waals surface area contributed by atoms with Crippen molar-refractivity contribution in [3.05, 3.63) is 59.8 Å². The van der Waals surface area contributed by atoms with Gasteiger partial charge in [0, 0.05) is 28.8 Å². The quantitative estimate of drug-likeness (QED) is 0.494. The Balaban J connectivity index is 1.50. The molecule has 158 valence electrons. The number of allylic oxidation sites excluding steroid dienone is 1. The van der Waals surface area contributed by atoms with Crippen LogP contribution in [0, 0.1) is 5.92 Å². The molecule has 1 saturated carbocycles. The molecule has 1 fully saturated rings. The summed E-state index contributed by atoms with van der Waals surface area (Å²) in [7, 11) is -2.84. The Bertz CT molecular complexity index is 1280. The molecule has 0 spiro atoms. The molecule has 3 aromatic rings. The van der Waals surface area contributed by atoms with Crippen molar-refractivity contribution >= 4 is 51.2 Å². The molecule has 31 heavy (non-hydrogen) atoms. The van der Waals surface area contributed by atoms with Gasteiger partial charge >= 0.3 is 0 Å². The zero-order valence-corrected chi connectivity index (χ0v) is 18.0. The second-order valence-electron chi connectivity index (χ2n) is 7.26. The fourth-order valence-electron chi connectivity index (χ4n) is 3.41. The first kappa shape index (κ1) is 19.8. The van der Waals surface area contributed by atoms with E-state index < -0.39 is 10.9 Å². The summed E-state index contributed by atoms with van der Waals surface area (Å²) in [6, 6.07) is 9.02. The van der Waals surface area contributed by atoms with Crippen LogP contribution in [-0.2, 0) is 15.7 Å². The van der Waals surface area contributed by atoms with Crippen LogP contribution in [0.4, 0.5) is 11.6 Å². The van der Waals surface area contributed by atoms with Gasteiger partial charge in [-0.1, -0.05) is 12.1 Å². The highest BCUT2D eigenvalue weighted by Gasteiger charge is 2.30. The van der Waals surface area contributed by atoms with Crippen LogP contribution >= 0.6 is 11.8 Å². The lowest BCUT2D eigenvalue weighted by atomic mass is 10.1. The molecule has 5 rings (SSSR count). The van der Waals surface area contributed by atoms with Gasteiger partial charge < -0.3 is 4.98 Å². The van der Waals surface area contributed by atoms with Gasteiger partial charge in [-0.05, 0) is 48.6 Å². The first-order valence-electron chi connectivity index (χ1n) is 9.79. The zero-order valence-electron chi connectivity index (χ0n) is 16.3. The summed E-state index contributed by atoms with van der Waals surface area (Å²) in [6.07, 6.45) is 7.23. The molecule has 8 nitrogen and oxygen atoms in total. The van der Waals surface area contributed by atoms with Gasteiger partial charge in [0.05, 0.1) is 17.1 Å². The van der Waals surface area contributed by atoms with E-state index in [2.05, 4.69) is 20.3 Å². The largest absolute Gasteiger partial charge is 0.346 e. The van der Waals surface area contributed by atoms with Crippen molar-refractivity contribution in [3.8, 4) is 11.3 Å². The van der Waals surface area contributed by atoms with Crippen molar-refractivity contribution in [2.45, 2.75) is 12.8 Å². The monoisotopic (exact) mass is 453 g/mol. The van der Waals surface area contributed by atoms with Crippen molar-refractivity contribution in [2.75, 3.05) is 15.4 Å². The summed E-state index contributed by atoms with van der Waals surface area (Å²) in [5.74, 6) is 0.970. The highest BCUT2D eigenvalue weighted by Crippen LogP contribution is 2.32. The van der Waals surface area contributed by atoms with Gasteiger partial charge in [-0.15, -0.1) is 11.8 Å². The van der Waals surface area contributed by atoms with E-state index in [0.717, 1.165) is 29.5 Å². The van der Waals surface area contributed by atoms with Gasteiger partial charge in [0.2, 0.25) is 22.7 Å². The summed E-state index contributed by atoms with van der Waals surface area (Å²) in [4.78, 5) is 24.2. The normalized spacial score (nSPS) is 15.8. The number of amides is 1. The molecular formula is C21H19N5O3S2. The molecule has 1 amide bonds. The average molecular weight is 454 g/mol. The second-order valence-corrected chi connectivity index (χ2v) is 9.08. The third kappa shape index (κ3) is 4.08. The standard InChI is InChI=1S/C21H19N5O3S2/c27-20(14-1-2-14)25-21-23-18(17-7-10-22-19(17)24-21)13-3-5-15(6-4-13)26(31(28)29)16-8-11-30-12-9-16/h3-11,14,31H,1-2,12H2,(H2,22,23,24,25,27). The molecule has 0 atom stereocenters. The van der Waals surface area contributed by atoms with Crippen LogP contribution in [0.25, 0.3) is 22.3 Å². The number of fused-ring (bicyclic) bond motifs is 1. The number of carbonyl (C=O) groups excluding carboxylic acids is 1. The molecule has 1 aliphatic carbocycles. The lowest BCUT2D eigenvalue weighted by Gasteiger charge is -2.20. The lowest BCUT2D eigenvalue weighted by molar-refractivity contribution is -0.117. The van der Waals surface area contributed by atoms with Crippen LogP contribution in [0.1, 0.15) is 12.8 Å². The number of anilines is 2. The molecule has 2 aliphatic rings. The number of carbonyl (C=O) groups is 1. The molecular weight excluding hydrogens is 434 g/mol. The second kappa shape index (κ2) is 8.20. The lowest BCUT2D eigenvalue weighted by Crippen LogP contribution is -2.20. The van der Waals surface area contributed by atoms with Crippen LogP contribution in [0.5, 0.6) is 0 Å². The summed E-state index contributed by atoms with van der Waals surface area (Å²) < 4.78 is 25.1. The van der Waals surface area contributed by atoms with Crippen molar-refractivity contribution in [1.29, 1.82) is 0 Å². The zero-order chi connectivity index (χ0) is 21.4. The first-order valence-corrected chi connectivity index (χ1v) is 12.0. The van der Waals surface area contributed by atoms with Crippen molar-refractivity contribution < 1.29 is 13.2 Å². The molecule has 10 heteroatoms. The van der Waals surface area contributed by atoms with E-state index in [-0.39, 0.29) is 17.8 Å². The number of rotatable bonds is 6. The Kier molecular flexibility index (Phi) is 5.24. The Labute approximate surface area is 184 Å². The first-order chi connectivity index (χ1) is 15.1. The smallest absolute Gasteiger partial charge is 0.232 e. The van der Waals surface area contributed by atoms with E-state index in [1.807, 2.05) is 29.7 Å². The number of thiol groups is 1. The average Bonchev–Trinajstić information content (AvgIpc) is 3.52. The molecule has 2 aromatic heterocycles. The summed E-state index contributed by atoms with van der Waals surface area (Å²) in [6.45, 7) is 0. The molecule has 1 aromatic carbocycles. The van der Waals surface area contributed by atoms with Crippen LogP contribution in [-0.4, -0.2) is 35.0 Å².